The number of H-pyrrole nitrogens is 1. The van der Waals surface area contributed by atoms with Crippen LogP contribution >= 0.6 is 0 Å². The first-order valence-corrected chi connectivity index (χ1v) is 6.01. The molecule has 4 nitrogen and oxygen atoms in total. The third-order valence-electron chi connectivity index (χ3n) is 3.05. The largest absolute Gasteiger partial charge is 0.472 e. The van der Waals surface area contributed by atoms with E-state index in [1.165, 1.54) is 16.8 Å². The van der Waals surface area contributed by atoms with Crippen molar-refractivity contribution in [2.24, 2.45) is 0 Å². The van der Waals surface area contributed by atoms with Crippen molar-refractivity contribution in [2.75, 3.05) is 6.54 Å². The Labute approximate surface area is 101 Å². The first kappa shape index (κ1) is 11.9. The normalized spacial score (nSPS) is 12.8. The number of aryl methyl sites for hydroxylation is 2. The fourth-order valence-corrected chi connectivity index (χ4v) is 1.86. The number of hydrogen-bond donors (Lipinski definition) is 2. The summed E-state index contributed by atoms with van der Waals surface area (Å²) in [5.74, 6) is 0. The summed E-state index contributed by atoms with van der Waals surface area (Å²) in [4.78, 5) is 0. The highest BCUT2D eigenvalue weighted by Gasteiger charge is 2.05. The zero-order chi connectivity index (χ0) is 12.1. The molecule has 0 amide bonds. The van der Waals surface area contributed by atoms with Gasteiger partial charge in [0, 0.05) is 17.3 Å². The summed E-state index contributed by atoms with van der Waals surface area (Å²) in [6.07, 6.45) is 7.59. The molecule has 0 aliphatic heterocycles. The van der Waals surface area contributed by atoms with Gasteiger partial charge < -0.3 is 9.73 Å². The summed E-state index contributed by atoms with van der Waals surface area (Å²) >= 11 is 0. The maximum atomic E-state index is 5.06. The van der Waals surface area contributed by atoms with Gasteiger partial charge in [-0.3, -0.25) is 5.10 Å². The highest BCUT2D eigenvalue weighted by Crippen LogP contribution is 2.12. The molecule has 0 aromatic carbocycles. The van der Waals surface area contributed by atoms with Crippen LogP contribution in [-0.2, 0) is 6.42 Å². The standard InChI is InChI=1S/C13H19N3O/c1-10(13-5-7-17-9-13)14-6-3-4-12-8-15-16-11(12)2/h5,7-10,14H,3-4,6H2,1-2H3,(H,15,16). The first-order valence-electron chi connectivity index (χ1n) is 6.01. The minimum absolute atomic E-state index is 0.346. The molecule has 1 atom stereocenters. The summed E-state index contributed by atoms with van der Waals surface area (Å²) in [7, 11) is 0. The lowest BCUT2D eigenvalue weighted by atomic mass is 10.1. The lowest BCUT2D eigenvalue weighted by molar-refractivity contribution is 0.532. The van der Waals surface area contributed by atoms with Crippen LogP contribution < -0.4 is 5.32 Å². The third-order valence-corrected chi connectivity index (χ3v) is 3.05. The minimum Gasteiger partial charge on any atom is -0.472 e. The molecule has 92 valence electrons. The van der Waals surface area contributed by atoms with E-state index >= 15 is 0 Å². The molecule has 1 unspecified atom stereocenters. The molecule has 0 aliphatic carbocycles. The lowest BCUT2D eigenvalue weighted by Crippen LogP contribution is -2.19. The van der Waals surface area contributed by atoms with Gasteiger partial charge in [0.25, 0.3) is 0 Å². The van der Waals surface area contributed by atoms with Gasteiger partial charge in [-0.15, -0.1) is 0 Å². The molecule has 0 fully saturated rings. The lowest BCUT2D eigenvalue weighted by Gasteiger charge is -2.11. The number of aromatic amines is 1. The molecule has 2 heterocycles. The van der Waals surface area contributed by atoms with Gasteiger partial charge in [-0.1, -0.05) is 0 Å². The Balaban J connectivity index is 1.68. The van der Waals surface area contributed by atoms with Crippen LogP contribution in [0.5, 0.6) is 0 Å². The molecule has 4 heteroatoms. The molecular formula is C13H19N3O. The quantitative estimate of drug-likeness (QED) is 0.754. The Kier molecular flexibility index (Phi) is 3.98. The van der Waals surface area contributed by atoms with Crippen LogP contribution in [0.1, 0.15) is 36.2 Å². The molecule has 2 aromatic rings. The fraction of sp³-hybridized carbons (Fsp3) is 0.462. The Morgan fingerprint density at radius 1 is 1.53 bits per heavy atom. The molecular weight excluding hydrogens is 214 g/mol. The van der Waals surface area contributed by atoms with E-state index < -0.39 is 0 Å². The van der Waals surface area contributed by atoms with Gasteiger partial charge in [0.15, 0.2) is 0 Å². The molecule has 2 aromatic heterocycles. The van der Waals surface area contributed by atoms with Gasteiger partial charge in [-0.25, -0.2) is 0 Å². The third kappa shape index (κ3) is 3.20. The molecule has 0 aliphatic rings. The van der Waals surface area contributed by atoms with E-state index in [1.54, 1.807) is 12.5 Å². The number of furan rings is 1. The Bertz CT molecular complexity index is 433. The van der Waals surface area contributed by atoms with Gasteiger partial charge in [0.2, 0.25) is 0 Å². The van der Waals surface area contributed by atoms with E-state index in [0.717, 1.165) is 19.4 Å². The number of aromatic nitrogens is 2. The average molecular weight is 233 g/mol. The van der Waals surface area contributed by atoms with Crippen LogP contribution in [0.4, 0.5) is 0 Å². The average Bonchev–Trinajstić information content (AvgIpc) is 2.96. The van der Waals surface area contributed by atoms with Gasteiger partial charge >= 0.3 is 0 Å². The molecule has 0 bridgehead atoms. The number of nitrogens with zero attached hydrogens (tertiary/aromatic N) is 1. The van der Waals surface area contributed by atoms with E-state index in [1.807, 2.05) is 12.3 Å². The summed E-state index contributed by atoms with van der Waals surface area (Å²) in [5.41, 5.74) is 3.68. The monoisotopic (exact) mass is 233 g/mol. The Morgan fingerprint density at radius 2 is 2.41 bits per heavy atom. The highest BCUT2D eigenvalue weighted by atomic mass is 16.3. The molecule has 0 saturated carbocycles. The molecule has 17 heavy (non-hydrogen) atoms. The maximum absolute atomic E-state index is 5.06. The van der Waals surface area contributed by atoms with Crippen molar-refractivity contribution in [1.82, 2.24) is 15.5 Å². The predicted molar refractivity (Wildman–Crippen MR) is 66.8 cm³/mol. The van der Waals surface area contributed by atoms with E-state index in [4.69, 9.17) is 4.42 Å². The van der Waals surface area contributed by atoms with Crippen LogP contribution in [0.3, 0.4) is 0 Å². The summed E-state index contributed by atoms with van der Waals surface area (Å²) in [6, 6.07) is 2.34. The summed E-state index contributed by atoms with van der Waals surface area (Å²) in [5, 5.41) is 10.5. The van der Waals surface area contributed by atoms with Crippen LogP contribution in [0.2, 0.25) is 0 Å². The molecule has 0 saturated heterocycles. The van der Waals surface area contributed by atoms with Crippen LogP contribution in [0, 0.1) is 6.92 Å². The van der Waals surface area contributed by atoms with Crippen molar-refractivity contribution in [3.63, 3.8) is 0 Å². The zero-order valence-corrected chi connectivity index (χ0v) is 10.4. The molecule has 0 spiro atoms. The molecule has 2 N–H and O–H groups in total. The van der Waals surface area contributed by atoms with Gasteiger partial charge in [-0.05, 0) is 44.9 Å². The first-order chi connectivity index (χ1) is 8.27. The van der Waals surface area contributed by atoms with E-state index in [-0.39, 0.29) is 0 Å². The SMILES string of the molecule is Cc1[nH]ncc1CCCNC(C)c1ccoc1. The topological polar surface area (TPSA) is 53.9 Å². The van der Waals surface area contributed by atoms with Crippen LogP contribution in [0.15, 0.2) is 29.2 Å². The second-order valence-electron chi connectivity index (χ2n) is 4.36. The van der Waals surface area contributed by atoms with E-state index in [9.17, 15) is 0 Å². The molecule has 2 rings (SSSR count). The minimum atomic E-state index is 0.346. The van der Waals surface area contributed by atoms with Crippen LogP contribution in [0.25, 0.3) is 0 Å². The smallest absolute Gasteiger partial charge is 0.0950 e. The van der Waals surface area contributed by atoms with E-state index in [2.05, 4.69) is 29.4 Å². The number of nitrogens with one attached hydrogen (secondary N) is 2. The van der Waals surface area contributed by atoms with E-state index in [0.29, 0.717) is 6.04 Å². The summed E-state index contributed by atoms with van der Waals surface area (Å²) < 4.78 is 5.06. The number of hydrogen-bond acceptors (Lipinski definition) is 3. The zero-order valence-electron chi connectivity index (χ0n) is 10.4. The van der Waals surface area contributed by atoms with Gasteiger partial charge in [-0.2, -0.15) is 5.10 Å². The van der Waals surface area contributed by atoms with Gasteiger partial charge in [0.05, 0.1) is 18.7 Å². The second-order valence-corrected chi connectivity index (χ2v) is 4.36. The van der Waals surface area contributed by atoms with Crippen molar-refractivity contribution in [3.05, 3.63) is 41.6 Å². The second kappa shape index (κ2) is 5.68. The Morgan fingerprint density at radius 3 is 3.06 bits per heavy atom. The van der Waals surface area contributed by atoms with Crippen LogP contribution in [-0.4, -0.2) is 16.7 Å². The molecule has 0 radical (unpaired) electrons. The van der Waals surface area contributed by atoms with Gasteiger partial charge in [0.1, 0.15) is 0 Å². The van der Waals surface area contributed by atoms with Crippen molar-refractivity contribution in [1.29, 1.82) is 0 Å². The maximum Gasteiger partial charge on any atom is 0.0950 e. The van der Waals surface area contributed by atoms with Crippen molar-refractivity contribution in [3.8, 4) is 0 Å². The van der Waals surface area contributed by atoms with Crippen molar-refractivity contribution < 1.29 is 4.42 Å². The fourth-order valence-electron chi connectivity index (χ4n) is 1.86. The number of rotatable bonds is 6. The predicted octanol–water partition coefficient (Wildman–Crippen LogP) is 2.59. The highest BCUT2D eigenvalue weighted by molar-refractivity contribution is 5.14. The summed E-state index contributed by atoms with van der Waals surface area (Å²) in [6.45, 7) is 5.20. The van der Waals surface area contributed by atoms with Crippen molar-refractivity contribution >= 4 is 0 Å². The Hall–Kier alpha value is -1.55. The van der Waals surface area contributed by atoms with Crippen molar-refractivity contribution in [2.45, 2.75) is 32.7 Å².